The highest BCUT2D eigenvalue weighted by atomic mass is 16.3. The molecule has 1 heterocycles. The number of phenols is 1. The number of H-pyrrole nitrogens is 1. The fraction of sp³-hybridized carbons (Fsp3) is 0.467. The Morgan fingerprint density at radius 2 is 2.14 bits per heavy atom. The largest absolute Gasteiger partial charge is 0.508 e. The van der Waals surface area contributed by atoms with Crippen molar-refractivity contribution in [3.63, 3.8) is 0 Å². The molecule has 6 heteroatoms. The minimum absolute atomic E-state index is 0.164. The van der Waals surface area contributed by atoms with E-state index in [1.807, 2.05) is 19.9 Å². The molecule has 1 aromatic carbocycles. The van der Waals surface area contributed by atoms with E-state index in [-0.39, 0.29) is 5.75 Å². The quantitative estimate of drug-likeness (QED) is 0.721. The average molecular weight is 290 g/mol. The molecule has 0 saturated heterocycles. The minimum atomic E-state index is -0.648. The number of phenolic OH excluding ortho intramolecular Hbond substituents is 1. The van der Waals surface area contributed by atoms with Gasteiger partial charge < -0.3 is 10.2 Å². The summed E-state index contributed by atoms with van der Waals surface area (Å²) in [5.74, 6) is 1.77. The molecule has 2 rings (SSSR count). The number of nitrogens with zero attached hydrogens (tertiary/aromatic N) is 3. The van der Waals surface area contributed by atoms with Gasteiger partial charge in [0.2, 0.25) is 0 Å². The molecule has 114 valence electrons. The van der Waals surface area contributed by atoms with E-state index >= 15 is 0 Å². The van der Waals surface area contributed by atoms with Gasteiger partial charge in [0.1, 0.15) is 17.4 Å². The van der Waals surface area contributed by atoms with Gasteiger partial charge in [-0.3, -0.25) is 10.00 Å². The van der Waals surface area contributed by atoms with Crippen molar-refractivity contribution in [3.05, 3.63) is 41.5 Å². The third kappa shape index (κ3) is 4.27. The summed E-state index contributed by atoms with van der Waals surface area (Å²) in [5, 5.41) is 26.8. The molecule has 0 aliphatic carbocycles. The molecule has 0 unspecified atom stereocenters. The number of benzene rings is 1. The van der Waals surface area contributed by atoms with E-state index in [4.69, 9.17) is 0 Å². The Morgan fingerprint density at radius 3 is 2.76 bits per heavy atom. The lowest BCUT2D eigenvalue weighted by Crippen LogP contribution is -2.28. The molecule has 1 atom stereocenters. The third-order valence-corrected chi connectivity index (χ3v) is 3.40. The van der Waals surface area contributed by atoms with E-state index < -0.39 is 6.10 Å². The molecule has 0 aliphatic rings. The number of aromatic amines is 1. The van der Waals surface area contributed by atoms with Crippen molar-refractivity contribution >= 4 is 0 Å². The number of hydrogen-bond donors (Lipinski definition) is 3. The molecule has 0 spiro atoms. The zero-order valence-corrected chi connectivity index (χ0v) is 12.5. The van der Waals surface area contributed by atoms with Gasteiger partial charge in [-0.25, -0.2) is 4.98 Å². The molecule has 0 fully saturated rings. The van der Waals surface area contributed by atoms with Crippen LogP contribution < -0.4 is 0 Å². The van der Waals surface area contributed by atoms with Crippen molar-refractivity contribution in [3.8, 4) is 5.75 Å². The highest BCUT2D eigenvalue weighted by Gasteiger charge is 2.14. The summed E-state index contributed by atoms with van der Waals surface area (Å²) < 4.78 is 0. The Labute approximate surface area is 124 Å². The van der Waals surface area contributed by atoms with Crippen molar-refractivity contribution in [2.45, 2.75) is 32.9 Å². The lowest BCUT2D eigenvalue weighted by Gasteiger charge is -2.22. The Morgan fingerprint density at radius 1 is 1.33 bits per heavy atom. The smallest absolute Gasteiger partial charge is 0.150 e. The lowest BCUT2D eigenvalue weighted by atomic mass is 10.1. The number of aliphatic hydroxyl groups is 1. The minimum Gasteiger partial charge on any atom is -0.508 e. The first-order chi connectivity index (χ1) is 10.1. The summed E-state index contributed by atoms with van der Waals surface area (Å²) >= 11 is 0. The first-order valence-electron chi connectivity index (χ1n) is 7.21. The van der Waals surface area contributed by atoms with Crippen LogP contribution in [0.5, 0.6) is 5.75 Å². The van der Waals surface area contributed by atoms with E-state index in [0.29, 0.717) is 18.7 Å². The number of nitrogens with one attached hydrogen (secondary N) is 1. The molecule has 0 radical (unpaired) electrons. The van der Waals surface area contributed by atoms with E-state index in [1.165, 1.54) is 0 Å². The molecule has 2 aromatic rings. The predicted molar refractivity (Wildman–Crippen MR) is 79.8 cm³/mol. The molecule has 1 aromatic heterocycles. The van der Waals surface area contributed by atoms with Crippen LogP contribution in [0, 0.1) is 0 Å². The normalized spacial score (nSPS) is 12.8. The van der Waals surface area contributed by atoms with E-state index in [1.54, 1.807) is 18.2 Å². The maximum atomic E-state index is 10.3. The standard InChI is InChI=1S/C15H22N4O2/c1-3-14-16-15(18-17-14)10-19(4-2)9-13(21)11-6-5-7-12(20)8-11/h5-8,13,20-21H,3-4,9-10H2,1-2H3,(H,16,17,18)/t13-/m1/s1. The van der Waals surface area contributed by atoms with Crippen LogP contribution in [0.4, 0.5) is 0 Å². The number of aromatic hydroxyl groups is 1. The van der Waals surface area contributed by atoms with Crippen LogP contribution in [-0.4, -0.2) is 43.4 Å². The van der Waals surface area contributed by atoms with Crippen LogP contribution in [0.1, 0.15) is 37.2 Å². The van der Waals surface area contributed by atoms with E-state index in [2.05, 4.69) is 20.1 Å². The number of aromatic nitrogens is 3. The maximum Gasteiger partial charge on any atom is 0.150 e. The van der Waals surface area contributed by atoms with E-state index in [9.17, 15) is 10.2 Å². The Bertz CT molecular complexity index is 570. The summed E-state index contributed by atoms with van der Waals surface area (Å²) in [4.78, 5) is 6.46. The third-order valence-electron chi connectivity index (χ3n) is 3.40. The van der Waals surface area contributed by atoms with Gasteiger partial charge in [0.25, 0.3) is 0 Å². The highest BCUT2D eigenvalue weighted by molar-refractivity contribution is 5.28. The summed E-state index contributed by atoms with van der Waals surface area (Å²) in [7, 11) is 0. The van der Waals surface area contributed by atoms with Gasteiger partial charge in [-0.15, -0.1) is 0 Å². The van der Waals surface area contributed by atoms with Gasteiger partial charge in [0.15, 0.2) is 0 Å². The first-order valence-corrected chi connectivity index (χ1v) is 7.21. The zero-order valence-electron chi connectivity index (χ0n) is 12.5. The van der Waals surface area contributed by atoms with Crippen LogP contribution >= 0.6 is 0 Å². The molecular weight excluding hydrogens is 268 g/mol. The number of likely N-dealkylation sites (N-methyl/N-ethyl adjacent to an activating group) is 1. The molecular formula is C15H22N4O2. The zero-order chi connectivity index (χ0) is 15.2. The van der Waals surface area contributed by atoms with Crippen LogP contribution in [0.25, 0.3) is 0 Å². The fourth-order valence-corrected chi connectivity index (χ4v) is 2.16. The number of hydrogen-bond acceptors (Lipinski definition) is 5. The highest BCUT2D eigenvalue weighted by Crippen LogP contribution is 2.19. The maximum absolute atomic E-state index is 10.3. The summed E-state index contributed by atoms with van der Waals surface area (Å²) in [5.41, 5.74) is 0.709. The van der Waals surface area contributed by atoms with Crippen LogP contribution in [0.3, 0.4) is 0 Å². The van der Waals surface area contributed by atoms with Crippen molar-refractivity contribution in [2.24, 2.45) is 0 Å². The molecule has 0 aliphatic heterocycles. The Kier molecular flexibility index (Phi) is 5.30. The molecule has 0 saturated carbocycles. The van der Waals surface area contributed by atoms with Gasteiger partial charge in [0, 0.05) is 13.0 Å². The Balaban J connectivity index is 1.98. The van der Waals surface area contributed by atoms with Gasteiger partial charge in [-0.05, 0) is 24.2 Å². The SMILES string of the molecule is CCc1n[nH]c(CN(CC)C[C@@H](O)c2cccc(O)c2)n1. The van der Waals surface area contributed by atoms with Crippen molar-refractivity contribution in [2.75, 3.05) is 13.1 Å². The van der Waals surface area contributed by atoms with Crippen molar-refractivity contribution in [1.29, 1.82) is 0 Å². The molecule has 0 amide bonds. The van der Waals surface area contributed by atoms with Crippen molar-refractivity contribution < 1.29 is 10.2 Å². The summed E-state index contributed by atoms with van der Waals surface area (Å²) in [6.45, 7) is 5.92. The number of rotatable bonds is 7. The second-order valence-corrected chi connectivity index (χ2v) is 4.99. The predicted octanol–water partition coefficient (Wildman–Crippen LogP) is 1.63. The van der Waals surface area contributed by atoms with Crippen LogP contribution in [0.2, 0.25) is 0 Å². The number of aliphatic hydroxyl groups excluding tert-OH is 1. The van der Waals surface area contributed by atoms with Crippen LogP contribution in [0.15, 0.2) is 24.3 Å². The topological polar surface area (TPSA) is 85.3 Å². The van der Waals surface area contributed by atoms with E-state index in [0.717, 1.165) is 24.6 Å². The Hall–Kier alpha value is -1.92. The first kappa shape index (κ1) is 15.5. The van der Waals surface area contributed by atoms with Gasteiger partial charge in [0.05, 0.1) is 12.6 Å². The van der Waals surface area contributed by atoms with Gasteiger partial charge in [-0.1, -0.05) is 26.0 Å². The van der Waals surface area contributed by atoms with Gasteiger partial charge in [-0.2, -0.15) is 5.10 Å². The number of aryl methyl sites for hydroxylation is 1. The monoisotopic (exact) mass is 290 g/mol. The average Bonchev–Trinajstić information content (AvgIpc) is 2.94. The molecule has 21 heavy (non-hydrogen) atoms. The summed E-state index contributed by atoms with van der Waals surface area (Å²) in [6, 6.07) is 6.72. The second-order valence-electron chi connectivity index (χ2n) is 4.99. The van der Waals surface area contributed by atoms with Crippen molar-refractivity contribution in [1.82, 2.24) is 20.1 Å². The van der Waals surface area contributed by atoms with Crippen LogP contribution in [-0.2, 0) is 13.0 Å². The van der Waals surface area contributed by atoms with Gasteiger partial charge >= 0.3 is 0 Å². The fourth-order valence-electron chi connectivity index (χ4n) is 2.16. The molecule has 0 bridgehead atoms. The lowest BCUT2D eigenvalue weighted by molar-refractivity contribution is 0.110. The molecule has 3 N–H and O–H groups in total. The summed E-state index contributed by atoms with van der Waals surface area (Å²) in [6.07, 6.45) is 0.153. The second kappa shape index (κ2) is 7.19. The molecule has 6 nitrogen and oxygen atoms in total.